The van der Waals surface area contributed by atoms with Gasteiger partial charge in [-0.15, -0.1) is 0 Å². The van der Waals surface area contributed by atoms with Crippen LogP contribution in [-0.2, 0) is 47.9 Å². The van der Waals surface area contributed by atoms with Gasteiger partial charge in [0, 0.05) is 64.2 Å². The lowest BCUT2D eigenvalue weighted by atomic mass is 10.2. The Kier molecular flexibility index (Phi) is 43.2. The van der Waals surface area contributed by atoms with E-state index in [4.69, 9.17) is 51.1 Å². The number of aliphatic carboxylic acids is 10. The Morgan fingerprint density at radius 2 is 0.240 bits per heavy atom. The normalized spacial score (nSPS) is 9.20. The van der Waals surface area contributed by atoms with Gasteiger partial charge in [0.1, 0.15) is 0 Å². The van der Waals surface area contributed by atoms with E-state index in [9.17, 15) is 47.9 Å². The lowest BCUT2D eigenvalue weighted by Gasteiger charge is -1.92. The lowest BCUT2D eigenvalue weighted by molar-refractivity contribution is -0.139. The van der Waals surface area contributed by atoms with Gasteiger partial charge in [0.25, 0.3) is 0 Å². The first-order valence-electron chi connectivity index (χ1n) is 15.3. The van der Waals surface area contributed by atoms with Gasteiger partial charge in [-0.2, -0.15) is 0 Å². The minimum atomic E-state index is -0.870. The molecule has 0 bridgehead atoms. The first-order chi connectivity index (χ1) is 23.1. The molecular formula is C30H50O20. The molecule has 290 valence electrons. The molecule has 0 aromatic heterocycles. The van der Waals surface area contributed by atoms with Crippen molar-refractivity contribution < 1.29 is 99.0 Å². The van der Waals surface area contributed by atoms with Gasteiger partial charge < -0.3 is 51.1 Å². The van der Waals surface area contributed by atoms with E-state index in [0.717, 1.165) is 0 Å². The highest BCUT2D eigenvalue weighted by molar-refractivity contribution is 5.70. The fourth-order valence-electron chi connectivity index (χ4n) is 2.76. The Morgan fingerprint density at radius 1 is 0.180 bits per heavy atom. The van der Waals surface area contributed by atoms with Gasteiger partial charge >= 0.3 is 59.7 Å². The molecule has 0 aliphatic carbocycles. The third kappa shape index (κ3) is 84.2. The summed E-state index contributed by atoms with van der Waals surface area (Å²) in [6, 6.07) is 0. The molecule has 0 aliphatic heterocycles. The number of carbonyl (C=O) groups is 10. The van der Waals surface area contributed by atoms with Crippen LogP contribution in [-0.4, -0.2) is 111 Å². The highest BCUT2D eigenvalue weighted by Crippen LogP contribution is 2.01. The van der Waals surface area contributed by atoms with Gasteiger partial charge in [-0.3, -0.25) is 47.9 Å². The topological polar surface area (TPSA) is 373 Å². The first-order valence-corrected chi connectivity index (χ1v) is 15.3. The molecule has 0 aromatic carbocycles. The summed E-state index contributed by atoms with van der Waals surface area (Å²) in [6.45, 7) is 0. The van der Waals surface area contributed by atoms with Crippen molar-refractivity contribution in [2.75, 3.05) is 0 Å². The molecule has 0 saturated heterocycles. The maximum absolute atomic E-state index is 9.90. The Balaban J connectivity index is -0.000000169. The average Bonchev–Trinajstić information content (AvgIpc) is 2.97. The van der Waals surface area contributed by atoms with E-state index in [-0.39, 0.29) is 64.2 Å². The van der Waals surface area contributed by atoms with Gasteiger partial charge in [-0.1, -0.05) is 0 Å². The number of rotatable bonds is 25. The van der Waals surface area contributed by atoms with E-state index in [1.165, 1.54) is 0 Å². The summed E-state index contributed by atoms with van der Waals surface area (Å²) in [6.07, 6.45) is 5.09. The fraction of sp³-hybridized carbons (Fsp3) is 0.667. The van der Waals surface area contributed by atoms with Crippen LogP contribution in [0.25, 0.3) is 0 Å². The molecule has 20 heteroatoms. The number of carboxylic acid groups (broad SMARTS) is 10. The number of carboxylic acids is 10. The molecule has 0 fully saturated rings. The van der Waals surface area contributed by atoms with E-state index in [0.29, 0.717) is 64.2 Å². The summed E-state index contributed by atoms with van der Waals surface area (Å²) in [5.74, 6) is -8.70. The second-order valence-corrected chi connectivity index (χ2v) is 9.97. The maximum atomic E-state index is 9.90. The predicted octanol–water partition coefficient (Wildman–Crippen LogP) is 3.58. The minimum Gasteiger partial charge on any atom is -0.481 e. The number of hydrogen-bond donors (Lipinski definition) is 10. The number of hydrogen-bond acceptors (Lipinski definition) is 10. The second-order valence-electron chi connectivity index (χ2n) is 9.97. The van der Waals surface area contributed by atoms with Crippen LogP contribution < -0.4 is 0 Å². The van der Waals surface area contributed by atoms with Crippen molar-refractivity contribution in [3.8, 4) is 0 Å². The zero-order chi connectivity index (χ0) is 39.9. The smallest absolute Gasteiger partial charge is 0.303 e. The van der Waals surface area contributed by atoms with Crippen molar-refractivity contribution >= 4 is 59.7 Å². The third-order valence-electron chi connectivity index (χ3n) is 5.16. The van der Waals surface area contributed by atoms with Crippen molar-refractivity contribution in [3.05, 3.63) is 0 Å². The Hall–Kier alpha value is -5.30. The van der Waals surface area contributed by atoms with Gasteiger partial charge in [0.15, 0.2) is 0 Å². The second kappa shape index (κ2) is 39.9. The zero-order valence-electron chi connectivity index (χ0n) is 27.7. The molecule has 0 heterocycles. The first kappa shape index (κ1) is 54.2. The summed E-state index contributed by atoms with van der Waals surface area (Å²) in [4.78, 5) is 99.0. The van der Waals surface area contributed by atoms with Crippen molar-refractivity contribution in [2.24, 2.45) is 0 Å². The Labute approximate surface area is 287 Å². The summed E-state index contributed by atoms with van der Waals surface area (Å²) in [5.41, 5.74) is 0. The fourth-order valence-corrected chi connectivity index (χ4v) is 2.76. The van der Waals surface area contributed by atoms with Crippen molar-refractivity contribution in [3.63, 3.8) is 0 Å². The van der Waals surface area contributed by atoms with Crippen LogP contribution in [0.2, 0.25) is 0 Å². The van der Waals surface area contributed by atoms with Gasteiger partial charge in [-0.25, -0.2) is 0 Å². The molecule has 0 saturated carbocycles. The molecule has 0 radical (unpaired) electrons. The SMILES string of the molecule is O=C(O)CCCCC(=O)O.O=C(O)CCCCC(=O)O.O=C(O)CCCCC(=O)O.O=C(O)CCCCC(=O)O.O=C(O)CCCCC(=O)O. The minimum absolute atomic E-state index is 0.0628. The van der Waals surface area contributed by atoms with Crippen molar-refractivity contribution in [1.29, 1.82) is 0 Å². The van der Waals surface area contributed by atoms with Gasteiger partial charge in [0.2, 0.25) is 0 Å². The molecule has 0 spiro atoms. The van der Waals surface area contributed by atoms with Crippen molar-refractivity contribution in [2.45, 2.75) is 128 Å². The molecule has 0 atom stereocenters. The maximum Gasteiger partial charge on any atom is 0.303 e. The lowest BCUT2D eigenvalue weighted by Crippen LogP contribution is -1.97. The highest BCUT2D eigenvalue weighted by Gasteiger charge is 2.02. The summed E-state index contributed by atoms with van der Waals surface area (Å²) < 4.78 is 0. The predicted molar refractivity (Wildman–Crippen MR) is 169 cm³/mol. The van der Waals surface area contributed by atoms with E-state index < -0.39 is 59.7 Å². The number of unbranched alkanes of at least 4 members (excludes halogenated alkanes) is 5. The van der Waals surface area contributed by atoms with Crippen LogP contribution >= 0.6 is 0 Å². The molecule has 0 unspecified atom stereocenters. The van der Waals surface area contributed by atoms with Crippen molar-refractivity contribution in [1.82, 2.24) is 0 Å². The van der Waals surface area contributed by atoms with Crippen LogP contribution in [0.15, 0.2) is 0 Å². The summed E-state index contributed by atoms with van der Waals surface area (Å²) in [7, 11) is 0. The molecule has 10 N–H and O–H groups in total. The van der Waals surface area contributed by atoms with Crippen LogP contribution in [0.5, 0.6) is 0 Å². The summed E-state index contributed by atoms with van der Waals surface area (Å²) >= 11 is 0. The van der Waals surface area contributed by atoms with Crippen LogP contribution in [0.1, 0.15) is 128 Å². The Morgan fingerprint density at radius 3 is 0.280 bits per heavy atom. The Bertz CT molecular complexity index is 754. The molecule has 0 aromatic rings. The molecule has 0 amide bonds. The standard InChI is InChI=1S/5C6H10O4/c5*7-5(8)3-1-2-4-6(9)10/h5*1-4H2,(H,7,8)(H,9,10). The largest absolute Gasteiger partial charge is 0.481 e. The quantitative estimate of drug-likeness (QED) is 0.0600. The van der Waals surface area contributed by atoms with E-state index in [1.54, 1.807) is 0 Å². The zero-order valence-corrected chi connectivity index (χ0v) is 27.7. The third-order valence-corrected chi connectivity index (χ3v) is 5.16. The molecule has 50 heavy (non-hydrogen) atoms. The van der Waals surface area contributed by atoms with Crippen LogP contribution in [0.3, 0.4) is 0 Å². The van der Waals surface area contributed by atoms with Crippen LogP contribution in [0, 0.1) is 0 Å². The molecular weight excluding hydrogens is 680 g/mol. The van der Waals surface area contributed by atoms with Gasteiger partial charge in [-0.05, 0) is 64.2 Å². The molecule has 0 rings (SSSR count). The highest BCUT2D eigenvalue weighted by atomic mass is 16.4. The molecule has 20 nitrogen and oxygen atoms in total. The van der Waals surface area contributed by atoms with E-state index in [2.05, 4.69) is 0 Å². The monoisotopic (exact) mass is 730 g/mol. The summed E-state index contributed by atoms with van der Waals surface area (Å²) in [5, 5.41) is 81.3. The van der Waals surface area contributed by atoms with Gasteiger partial charge in [0.05, 0.1) is 0 Å². The molecule has 0 aliphatic rings. The van der Waals surface area contributed by atoms with E-state index >= 15 is 0 Å². The van der Waals surface area contributed by atoms with Crippen LogP contribution in [0.4, 0.5) is 0 Å². The van der Waals surface area contributed by atoms with E-state index in [1.807, 2.05) is 0 Å². The average molecular weight is 731 g/mol.